The van der Waals surface area contributed by atoms with Gasteiger partial charge in [0.15, 0.2) is 0 Å². The van der Waals surface area contributed by atoms with Crippen molar-refractivity contribution in [3.63, 3.8) is 0 Å². The van der Waals surface area contributed by atoms with E-state index in [9.17, 15) is 4.79 Å². The van der Waals surface area contributed by atoms with Crippen molar-refractivity contribution in [2.45, 2.75) is 26.2 Å². The van der Waals surface area contributed by atoms with Gasteiger partial charge < -0.3 is 9.80 Å². The lowest BCUT2D eigenvalue weighted by atomic mass is 10.2. The molecular weight excluding hydrogens is 312 g/mol. The standard InChI is InChI=1S/C15H22N6OS/c1-3-13-17-15(23-18-13)21-8-6-20(7-9-21)14(22)5-4-12-10-16-19(2)11-12/h10-11H,3-9H2,1-2H3. The van der Waals surface area contributed by atoms with E-state index < -0.39 is 0 Å². The summed E-state index contributed by atoms with van der Waals surface area (Å²) in [4.78, 5) is 21.0. The Morgan fingerprint density at radius 1 is 1.30 bits per heavy atom. The van der Waals surface area contributed by atoms with E-state index in [1.807, 2.05) is 24.3 Å². The van der Waals surface area contributed by atoms with Crippen LogP contribution in [0.4, 0.5) is 5.13 Å². The second-order valence-electron chi connectivity index (χ2n) is 5.74. The number of carbonyl (C=O) groups is 1. The van der Waals surface area contributed by atoms with Crippen LogP contribution in [0.25, 0.3) is 0 Å². The van der Waals surface area contributed by atoms with Gasteiger partial charge in [-0.3, -0.25) is 9.48 Å². The normalized spacial score (nSPS) is 15.2. The molecule has 0 spiro atoms. The molecule has 0 N–H and O–H groups in total. The Labute approximate surface area is 140 Å². The van der Waals surface area contributed by atoms with Crippen LogP contribution in [0.5, 0.6) is 0 Å². The number of aryl methyl sites for hydroxylation is 3. The fourth-order valence-corrected chi connectivity index (χ4v) is 3.48. The summed E-state index contributed by atoms with van der Waals surface area (Å²) >= 11 is 1.45. The minimum atomic E-state index is 0.222. The van der Waals surface area contributed by atoms with Crippen molar-refractivity contribution in [2.24, 2.45) is 7.05 Å². The molecule has 1 aliphatic rings. The number of hydrogen-bond acceptors (Lipinski definition) is 6. The van der Waals surface area contributed by atoms with Gasteiger partial charge in [0.05, 0.1) is 6.20 Å². The van der Waals surface area contributed by atoms with Crippen molar-refractivity contribution in [1.29, 1.82) is 0 Å². The third-order valence-corrected chi connectivity index (χ3v) is 4.88. The first kappa shape index (κ1) is 15.9. The highest BCUT2D eigenvalue weighted by atomic mass is 32.1. The molecule has 0 aliphatic carbocycles. The molecular formula is C15H22N6OS. The summed E-state index contributed by atoms with van der Waals surface area (Å²) in [6.45, 7) is 5.23. The molecule has 0 saturated carbocycles. The Kier molecular flexibility index (Phi) is 4.90. The van der Waals surface area contributed by atoms with Crippen LogP contribution in [0.3, 0.4) is 0 Å². The van der Waals surface area contributed by atoms with E-state index in [1.54, 1.807) is 4.68 Å². The van der Waals surface area contributed by atoms with Crippen LogP contribution < -0.4 is 4.90 Å². The zero-order valence-corrected chi connectivity index (χ0v) is 14.4. The maximum Gasteiger partial charge on any atom is 0.223 e. The zero-order valence-electron chi connectivity index (χ0n) is 13.6. The lowest BCUT2D eigenvalue weighted by Crippen LogP contribution is -2.48. The van der Waals surface area contributed by atoms with E-state index >= 15 is 0 Å². The second-order valence-corrected chi connectivity index (χ2v) is 6.47. The Hall–Kier alpha value is -1.96. The number of anilines is 1. The van der Waals surface area contributed by atoms with Gasteiger partial charge >= 0.3 is 0 Å². The number of amides is 1. The van der Waals surface area contributed by atoms with Crippen molar-refractivity contribution in [3.05, 3.63) is 23.8 Å². The number of rotatable bonds is 5. The Bertz CT molecular complexity index is 658. The molecule has 0 unspecified atom stereocenters. The summed E-state index contributed by atoms with van der Waals surface area (Å²) in [5, 5.41) is 5.11. The van der Waals surface area contributed by atoms with Crippen LogP contribution in [0.2, 0.25) is 0 Å². The molecule has 2 aromatic rings. The summed E-state index contributed by atoms with van der Waals surface area (Å²) in [6.07, 6.45) is 5.95. The van der Waals surface area contributed by atoms with Gasteiger partial charge in [-0.25, -0.2) is 4.98 Å². The molecule has 0 bridgehead atoms. The summed E-state index contributed by atoms with van der Waals surface area (Å²) in [6, 6.07) is 0. The Balaban J connectivity index is 1.47. The van der Waals surface area contributed by atoms with E-state index in [-0.39, 0.29) is 5.91 Å². The molecule has 23 heavy (non-hydrogen) atoms. The van der Waals surface area contributed by atoms with Crippen LogP contribution in [-0.2, 0) is 24.7 Å². The fraction of sp³-hybridized carbons (Fsp3) is 0.600. The van der Waals surface area contributed by atoms with Crippen LogP contribution in [-0.4, -0.2) is 56.1 Å². The number of carbonyl (C=O) groups excluding carboxylic acids is 1. The third-order valence-electron chi connectivity index (χ3n) is 4.06. The monoisotopic (exact) mass is 334 g/mol. The van der Waals surface area contributed by atoms with Crippen LogP contribution >= 0.6 is 11.5 Å². The lowest BCUT2D eigenvalue weighted by molar-refractivity contribution is -0.131. The van der Waals surface area contributed by atoms with E-state index in [2.05, 4.69) is 26.3 Å². The van der Waals surface area contributed by atoms with Crippen LogP contribution in [0.15, 0.2) is 12.4 Å². The average Bonchev–Trinajstić information content (AvgIpc) is 3.21. The molecule has 1 fully saturated rings. The van der Waals surface area contributed by atoms with Gasteiger partial charge in [0.2, 0.25) is 11.0 Å². The van der Waals surface area contributed by atoms with Gasteiger partial charge in [-0.15, -0.1) is 0 Å². The summed E-state index contributed by atoms with van der Waals surface area (Å²) in [7, 11) is 1.89. The predicted molar refractivity (Wildman–Crippen MR) is 89.6 cm³/mol. The number of nitrogens with zero attached hydrogens (tertiary/aromatic N) is 6. The van der Waals surface area contributed by atoms with Crippen LogP contribution in [0.1, 0.15) is 24.7 Å². The van der Waals surface area contributed by atoms with E-state index in [1.165, 1.54) is 11.5 Å². The molecule has 7 nitrogen and oxygen atoms in total. The van der Waals surface area contributed by atoms with Gasteiger partial charge in [-0.2, -0.15) is 9.47 Å². The fourth-order valence-electron chi connectivity index (χ4n) is 2.67. The zero-order chi connectivity index (χ0) is 16.2. The van der Waals surface area contributed by atoms with Crippen molar-refractivity contribution < 1.29 is 4.79 Å². The quantitative estimate of drug-likeness (QED) is 0.819. The van der Waals surface area contributed by atoms with Crippen LogP contribution in [0, 0.1) is 0 Å². The van der Waals surface area contributed by atoms with Gasteiger partial charge in [0, 0.05) is 63.8 Å². The molecule has 8 heteroatoms. The van der Waals surface area contributed by atoms with Crippen molar-refractivity contribution in [1.82, 2.24) is 24.0 Å². The van der Waals surface area contributed by atoms with Gasteiger partial charge in [0.1, 0.15) is 5.82 Å². The molecule has 0 atom stereocenters. The van der Waals surface area contributed by atoms with E-state index in [4.69, 9.17) is 0 Å². The highest BCUT2D eigenvalue weighted by molar-refractivity contribution is 7.09. The number of hydrogen-bond donors (Lipinski definition) is 0. The minimum absolute atomic E-state index is 0.222. The number of aromatic nitrogens is 4. The molecule has 0 aromatic carbocycles. The molecule has 1 saturated heterocycles. The SMILES string of the molecule is CCc1nsc(N2CCN(C(=O)CCc3cnn(C)c3)CC2)n1. The highest BCUT2D eigenvalue weighted by Gasteiger charge is 2.23. The van der Waals surface area contributed by atoms with Gasteiger partial charge in [-0.1, -0.05) is 6.92 Å². The second kappa shape index (κ2) is 7.08. The van der Waals surface area contributed by atoms with Crippen molar-refractivity contribution in [3.8, 4) is 0 Å². The topological polar surface area (TPSA) is 67.2 Å². The van der Waals surface area contributed by atoms with E-state index in [0.29, 0.717) is 6.42 Å². The smallest absolute Gasteiger partial charge is 0.223 e. The third kappa shape index (κ3) is 3.87. The van der Waals surface area contributed by atoms with E-state index in [0.717, 1.165) is 55.5 Å². The Morgan fingerprint density at radius 3 is 2.70 bits per heavy atom. The maximum atomic E-state index is 12.3. The molecule has 124 valence electrons. The molecule has 0 radical (unpaired) electrons. The average molecular weight is 334 g/mol. The summed E-state index contributed by atoms with van der Waals surface area (Å²) < 4.78 is 6.10. The van der Waals surface area contributed by atoms with Gasteiger partial charge in [0.25, 0.3) is 0 Å². The summed E-state index contributed by atoms with van der Waals surface area (Å²) in [5.41, 5.74) is 1.11. The highest BCUT2D eigenvalue weighted by Crippen LogP contribution is 2.19. The summed E-state index contributed by atoms with van der Waals surface area (Å²) in [5.74, 6) is 1.12. The molecule has 3 rings (SSSR count). The largest absolute Gasteiger partial charge is 0.343 e. The Morgan fingerprint density at radius 2 is 2.09 bits per heavy atom. The minimum Gasteiger partial charge on any atom is -0.343 e. The lowest BCUT2D eigenvalue weighted by Gasteiger charge is -2.34. The first-order chi connectivity index (χ1) is 11.2. The maximum absolute atomic E-state index is 12.3. The molecule has 3 heterocycles. The molecule has 1 aliphatic heterocycles. The first-order valence-corrected chi connectivity index (χ1v) is 8.76. The van der Waals surface area contributed by atoms with Crippen molar-refractivity contribution >= 4 is 22.6 Å². The molecule has 1 amide bonds. The molecule has 2 aromatic heterocycles. The number of piperazine rings is 1. The van der Waals surface area contributed by atoms with Gasteiger partial charge in [-0.05, 0) is 12.0 Å². The predicted octanol–water partition coefficient (Wildman–Crippen LogP) is 1.12. The first-order valence-electron chi connectivity index (χ1n) is 7.98. The van der Waals surface area contributed by atoms with Crippen molar-refractivity contribution in [2.75, 3.05) is 31.1 Å².